The zero-order valence-corrected chi connectivity index (χ0v) is 7.97. The maximum atomic E-state index is 9.64. The van der Waals surface area contributed by atoms with E-state index in [9.17, 15) is 4.79 Å². The Balaban J connectivity index is 0. The van der Waals surface area contributed by atoms with Gasteiger partial charge in [-0.15, -0.1) is 0 Å². The van der Waals surface area contributed by atoms with Gasteiger partial charge in [0.25, 0.3) is 0 Å². The first kappa shape index (κ1) is 10.2. The zero-order chi connectivity index (χ0) is 4.99. The van der Waals surface area contributed by atoms with Crippen LogP contribution in [-0.2, 0) is 9.53 Å². The topological polar surface area (TPSA) is 26.3 Å². The summed E-state index contributed by atoms with van der Waals surface area (Å²) in [4.78, 5) is 9.64. The molecular weight excluding hydrogens is 318 g/mol. The molecule has 7 heavy (non-hydrogen) atoms. The van der Waals surface area contributed by atoms with Gasteiger partial charge < -0.3 is 4.74 Å². The molecule has 0 saturated carbocycles. The summed E-state index contributed by atoms with van der Waals surface area (Å²) in [5.41, 5.74) is 0. The van der Waals surface area contributed by atoms with Gasteiger partial charge in [-0.25, -0.2) is 0 Å². The van der Waals surface area contributed by atoms with Crippen LogP contribution in [0.3, 0.4) is 0 Å². The molecule has 3 heteroatoms. The molecule has 38 valence electrons. The Hall–Kier alpha value is 0.132. The van der Waals surface area contributed by atoms with Crippen molar-refractivity contribution < 1.29 is 40.6 Å². The van der Waals surface area contributed by atoms with Crippen molar-refractivity contribution in [2.24, 2.45) is 0 Å². The second-order valence-electron chi connectivity index (χ2n) is 0.657. The van der Waals surface area contributed by atoms with E-state index in [0.29, 0.717) is 0 Å². The average molecular weight is 323 g/mol. The summed E-state index contributed by atoms with van der Waals surface area (Å²) in [5.74, 6) is -0.579. The third-order valence-electron chi connectivity index (χ3n) is 0.215. The molecule has 0 radical (unpaired) electrons. The van der Waals surface area contributed by atoms with Crippen molar-refractivity contribution in [2.45, 2.75) is 0 Å². The largest absolute Gasteiger partial charge is 0.460 e. The summed E-state index contributed by atoms with van der Waals surface area (Å²) in [6, 6.07) is 0. The van der Waals surface area contributed by atoms with Gasteiger partial charge in [0.2, 0.25) is 0 Å². The molecule has 0 rings (SSSR count). The molecule has 0 aromatic rings. The molecule has 0 N–H and O–H groups in total. The van der Waals surface area contributed by atoms with E-state index in [1.807, 2.05) is 0 Å². The summed E-state index contributed by atoms with van der Waals surface area (Å²) in [5, 5.41) is 0. The Kier molecular flexibility index (Phi) is 8.92. The van der Waals surface area contributed by atoms with Gasteiger partial charge in [0, 0.05) is 31.1 Å². The summed E-state index contributed by atoms with van der Waals surface area (Å²) >= 11 is 0. The van der Waals surface area contributed by atoms with Crippen molar-refractivity contribution in [1.29, 1.82) is 0 Å². The second-order valence-corrected chi connectivity index (χ2v) is 0.657. The van der Waals surface area contributed by atoms with Gasteiger partial charge in [0.1, 0.15) is 0 Å². The SMILES string of the molecule is C=COC([CH2-])=O.[U]. The summed E-state index contributed by atoms with van der Waals surface area (Å²) in [7, 11) is 0. The molecule has 0 aromatic carbocycles. The Morgan fingerprint density at radius 1 is 1.86 bits per heavy atom. The van der Waals surface area contributed by atoms with E-state index in [4.69, 9.17) is 0 Å². The van der Waals surface area contributed by atoms with Gasteiger partial charge in [0.15, 0.2) is 5.97 Å². The minimum absolute atomic E-state index is 0. The van der Waals surface area contributed by atoms with Crippen LogP contribution in [0.1, 0.15) is 0 Å². The van der Waals surface area contributed by atoms with Crippen LogP contribution >= 0.6 is 0 Å². The second kappa shape index (κ2) is 6.13. The molecule has 0 saturated heterocycles. The Morgan fingerprint density at radius 2 is 2.29 bits per heavy atom. The van der Waals surface area contributed by atoms with Crippen molar-refractivity contribution in [1.82, 2.24) is 0 Å². The number of hydrogen-bond acceptors (Lipinski definition) is 2. The summed E-state index contributed by atoms with van der Waals surface area (Å²) in [6.07, 6.45) is 1.04. The molecule has 0 amide bonds. The standard InChI is InChI=1S/C4H5O2.U/c1-3-6-4(2)5;/h3H,1-2H2;/q-1;. The van der Waals surface area contributed by atoms with Crippen molar-refractivity contribution in [3.8, 4) is 0 Å². The Morgan fingerprint density at radius 3 is 2.29 bits per heavy atom. The van der Waals surface area contributed by atoms with Crippen molar-refractivity contribution in [3.63, 3.8) is 0 Å². The van der Waals surface area contributed by atoms with Gasteiger partial charge in [-0.3, -0.25) is 11.7 Å². The van der Waals surface area contributed by atoms with Gasteiger partial charge in [-0.05, 0) is 0 Å². The molecule has 0 bridgehead atoms. The number of rotatable bonds is 1. The van der Waals surface area contributed by atoms with E-state index < -0.39 is 5.97 Å². The zero-order valence-electron chi connectivity index (χ0n) is 3.81. The quantitative estimate of drug-likeness (QED) is 0.399. The molecule has 0 aliphatic rings. The molecule has 0 unspecified atom stereocenters. The average Bonchev–Trinajstić information content (AvgIpc) is 1.35. The van der Waals surface area contributed by atoms with Crippen molar-refractivity contribution in [2.75, 3.05) is 0 Å². The first-order valence-corrected chi connectivity index (χ1v) is 1.41. The van der Waals surface area contributed by atoms with E-state index in [0.717, 1.165) is 6.26 Å². The first-order chi connectivity index (χ1) is 2.77. The Labute approximate surface area is 66.3 Å². The number of carbonyl (C=O) groups is 1. The van der Waals surface area contributed by atoms with E-state index in [1.54, 1.807) is 0 Å². The maximum Gasteiger partial charge on any atom is 0.171 e. The van der Waals surface area contributed by atoms with Crippen molar-refractivity contribution in [3.05, 3.63) is 19.8 Å². The normalized spacial score (nSPS) is 5.71. The van der Waals surface area contributed by atoms with E-state index >= 15 is 0 Å². The predicted octanol–water partition coefficient (Wildman–Crippen LogP) is 0.507. The summed E-state index contributed by atoms with van der Waals surface area (Å²) < 4.78 is 4.06. The number of esters is 1. The van der Waals surface area contributed by atoms with E-state index in [2.05, 4.69) is 18.2 Å². The monoisotopic (exact) mass is 323 g/mol. The number of carbonyl (C=O) groups excluding carboxylic acids is 1. The first-order valence-electron chi connectivity index (χ1n) is 1.41. The van der Waals surface area contributed by atoms with E-state index in [-0.39, 0.29) is 31.1 Å². The Bertz CT molecular complexity index is 70.1. The third-order valence-corrected chi connectivity index (χ3v) is 0.215. The van der Waals surface area contributed by atoms with Gasteiger partial charge in [0.05, 0.1) is 6.26 Å². The van der Waals surface area contributed by atoms with Crippen LogP contribution in [0, 0.1) is 38.0 Å². The number of ether oxygens (including phenoxy) is 1. The summed E-state index contributed by atoms with van der Waals surface area (Å²) in [6.45, 7) is 6.01. The fourth-order valence-electron chi connectivity index (χ4n) is 0.0929. The van der Waals surface area contributed by atoms with Crippen LogP contribution in [0.4, 0.5) is 0 Å². The molecule has 0 spiro atoms. The molecule has 0 fully saturated rings. The molecule has 0 aliphatic heterocycles. The van der Waals surface area contributed by atoms with Crippen LogP contribution in [-0.4, -0.2) is 5.97 Å². The van der Waals surface area contributed by atoms with Crippen LogP contribution in [0.25, 0.3) is 0 Å². The van der Waals surface area contributed by atoms with Crippen LogP contribution < -0.4 is 0 Å². The van der Waals surface area contributed by atoms with Gasteiger partial charge >= 0.3 is 0 Å². The smallest absolute Gasteiger partial charge is 0.171 e. The number of hydrogen-bond donors (Lipinski definition) is 0. The molecule has 0 heterocycles. The minimum Gasteiger partial charge on any atom is -0.460 e. The fraction of sp³-hybridized carbons (Fsp3) is 0. The van der Waals surface area contributed by atoms with Crippen LogP contribution in [0.2, 0.25) is 0 Å². The molecule has 0 aliphatic carbocycles. The third kappa shape index (κ3) is 10.7. The maximum absolute atomic E-state index is 9.64. The van der Waals surface area contributed by atoms with Crippen LogP contribution in [0.5, 0.6) is 0 Å². The molecule has 0 atom stereocenters. The van der Waals surface area contributed by atoms with Gasteiger partial charge in [-0.1, -0.05) is 6.58 Å². The van der Waals surface area contributed by atoms with Crippen LogP contribution in [0.15, 0.2) is 12.8 Å². The molecular formula is C4H5O2U-. The predicted molar refractivity (Wildman–Crippen MR) is 21.6 cm³/mol. The van der Waals surface area contributed by atoms with Crippen molar-refractivity contribution >= 4 is 5.97 Å². The fourth-order valence-corrected chi connectivity index (χ4v) is 0.0929. The van der Waals surface area contributed by atoms with E-state index in [1.165, 1.54) is 0 Å². The molecule has 0 aromatic heterocycles. The van der Waals surface area contributed by atoms with Gasteiger partial charge in [-0.2, -0.15) is 0 Å². The molecule has 2 nitrogen and oxygen atoms in total. The minimum atomic E-state index is -0.579.